The quantitative estimate of drug-likeness (QED) is 0.725. The normalized spacial score (nSPS) is 21.6. The zero-order valence-corrected chi connectivity index (χ0v) is 12.2. The number of imide groups is 2. The summed E-state index contributed by atoms with van der Waals surface area (Å²) < 4.78 is 0. The Morgan fingerprint density at radius 2 is 1.53 bits per heavy atom. The van der Waals surface area contributed by atoms with Gasteiger partial charge in [0.2, 0.25) is 11.8 Å². The first-order valence-corrected chi connectivity index (χ1v) is 7.02. The van der Waals surface area contributed by atoms with Crippen LogP contribution in [0.15, 0.2) is 0 Å². The first kappa shape index (κ1) is 15.7. The van der Waals surface area contributed by atoms with Gasteiger partial charge in [0.1, 0.15) is 5.41 Å². The molecule has 1 fully saturated rings. The largest absolute Gasteiger partial charge is 0.328 e. The van der Waals surface area contributed by atoms with Crippen molar-refractivity contribution >= 4 is 17.8 Å². The van der Waals surface area contributed by atoms with Crippen molar-refractivity contribution in [3.8, 4) is 0 Å². The van der Waals surface area contributed by atoms with E-state index >= 15 is 0 Å². The number of barbiturate groups is 1. The van der Waals surface area contributed by atoms with Crippen molar-refractivity contribution in [3.05, 3.63) is 0 Å². The number of amides is 4. The van der Waals surface area contributed by atoms with Crippen molar-refractivity contribution in [3.63, 3.8) is 0 Å². The van der Waals surface area contributed by atoms with Gasteiger partial charge in [-0.1, -0.05) is 34.1 Å². The molecule has 0 bridgehead atoms. The minimum atomic E-state index is -1.10. The number of hydrogen-bond donors (Lipinski definition) is 2. The molecule has 5 heteroatoms. The van der Waals surface area contributed by atoms with Crippen LogP contribution in [0.4, 0.5) is 4.79 Å². The zero-order valence-electron chi connectivity index (χ0n) is 12.2. The van der Waals surface area contributed by atoms with Gasteiger partial charge in [0.15, 0.2) is 0 Å². The maximum absolute atomic E-state index is 12.1. The first-order chi connectivity index (χ1) is 8.85. The van der Waals surface area contributed by atoms with Crippen molar-refractivity contribution in [1.29, 1.82) is 0 Å². The Kier molecular flexibility index (Phi) is 5.09. The molecule has 0 aliphatic carbocycles. The van der Waals surface area contributed by atoms with E-state index in [9.17, 15) is 14.4 Å². The minimum absolute atomic E-state index is 0.264. The number of carbonyl (C=O) groups is 3. The summed E-state index contributed by atoms with van der Waals surface area (Å²) >= 11 is 0. The van der Waals surface area contributed by atoms with E-state index in [2.05, 4.69) is 31.4 Å². The summed E-state index contributed by atoms with van der Waals surface area (Å²) in [5.41, 5.74) is -1.10. The predicted molar refractivity (Wildman–Crippen MR) is 72.3 cm³/mol. The lowest BCUT2D eigenvalue weighted by Gasteiger charge is -2.35. The van der Waals surface area contributed by atoms with Crippen LogP contribution in [-0.4, -0.2) is 17.8 Å². The molecule has 0 saturated carbocycles. The maximum Gasteiger partial charge on any atom is 0.328 e. The van der Waals surface area contributed by atoms with Gasteiger partial charge in [-0.3, -0.25) is 20.2 Å². The van der Waals surface area contributed by atoms with Gasteiger partial charge in [-0.15, -0.1) is 0 Å². The highest BCUT2D eigenvalue weighted by atomic mass is 16.2. The standard InChI is InChI=1S/C14H24N2O3/c1-5-9(3)7-10(4)8-14(6-2)11(17)15-13(19)16-12(14)18/h9-10H,5-8H2,1-4H3,(H2,15,16,17,18,19). The molecule has 1 aliphatic heterocycles. The average molecular weight is 268 g/mol. The number of carbonyl (C=O) groups excluding carboxylic acids is 3. The molecule has 0 spiro atoms. The van der Waals surface area contributed by atoms with Crippen LogP contribution in [0.2, 0.25) is 0 Å². The molecule has 5 nitrogen and oxygen atoms in total. The molecule has 1 rings (SSSR count). The molecule has 0 aromatic rings. The smallest absolute Gasteiger partial charge is 0.277 e. The average Bonchev–Trinajstić information content (AvgIpc) is 2.33. The van der Waals surface area contributed by atoms with Crippen LogP contribution in [0.1, 0.15) is 53.4 Å². The summed E-state index contributed by atoms with van der Waals surface area (Å²) in [5, 5.41) is 4.43. The molecule has 0 aromatic carbocycles. The molecule has 2 unspecified atom stereocenters. The number of nitrogens with one attached hydrogen (secondary N) is 2. The molecular weight excluding hydrogens is 244 g/mol. The Morgan fingerprint density at radius 1 is 1.00 bits per heavy atom. The van der Waals surface area contributed by atoms with Gasteiger partial charge in [-0.2, -0.15) is 0 Å². The highest BCUT2D eigenvalue weighted by Crippen LogP contribution is 2.35. The monoisotopic (exact) mass is 268 g/mol. The Bertz CT molecular complexity index is 359. The first-order valence-electron chi connectivity index (χ1n) is 7.02. The van der Waals surface area contributed by atoms with E-state index in [-0.39, 0.29) is 5.92 Å². The van der Waals surface area contributed by atoms with E-state index in [1.165, 1.54) is 0 Å². The van der Waals surface area contributed by atoms with Crippen LogP contribution in [0.5, 0.6) is 0 Å². The highest BCUT2D eigenvalue weighted by molar-refractivity contribution is 6.19. The lowest BCUT2D eigenvalue weighted by Crippen LogP contribution is -2.62. The van der Waals surface area contributed by atoms with E-state index in [0.29, 0.717) is 18.8 Å². The van der Waals surface area contributed by atoms with Crippen LogP contribution >= 0.6 is 0 Å². The predicted octanol–water partition coefficient (Wildman–Crippen LogP) is 2.21. The zero-order chi connectivity index (χ0) is 14.6. The van der Waals surface area contributed by atoms with Gasteiger partial charge >= 0.3 is 6.03 Å². The Labute approximate surface area is 114 Å². The molecule has 2 atom stereocenters. The Hall–Kier alpha value is -1.39. The number of rotatable bonds is 6. The molecule has 19 heavy (non-hydrogen) atoms. The van der Waals surface area contributed by atoms with Gasteiger partial charge < -0.3 is 0 Å². The van der Waals surface area contributed by atoms with E-state index in [0.717, 1.165) is 12.8 Å². The van der Waals surface area contributed by atoms with E-state index in [1.54, 1.807) is 0 Å². The summed E-state index contributed by atoms with van der Waals surface area (Å²) in [6.07, 6.45) is 2.95. The third-order valence-electron chi connectivity index (χ3n) is 4.13. The third-order valence-corrected chi connectivity index (χ3v) is 4.13. The van der Waals surface area contributed by atoms with Crippen molar-refractivity contribution in [2.24, 2.45) is 17.3 Å². The van der Waals surface area contributed by atoms with Crippen LogP contribution in [-0.2, 0) is 9.59 Å². The maximum atomic E-state index is 12.1. The molecule has 108 valence electrons. The molecular formula is C14H24N2O3. The second kappa shape index (κ2) is 6.17. The molecule has 1 aliphatic rings. The van der Waals surface area contributed by atoms with Crippen molar-refractivity contribution in [1.82, 2.24) is 10.6 Å². The van der Waals surface area contributed by atoms with Gasteiger partial charge in [0, 0.05) is 0 Å². The Balaban J connectivity index is 2.82. The molecule has 0 aromatic heterocycles. The second-order valence-corrected chi connectivity index (χ2v) is 5.73. The summed E-state index contributed by atoms with van der Waals surface area (Å²) in [6.45, 7) is 8.16. The third kappa shape index (κ3) is 3.33. The van der Waals surface area contributed by atoms with Crippen LogP contribution in [0, 0.1) is 17.3 Å². The summed E-state index contributed by atoms with van der Waals surface area (Å²) in [6, 6.07) is -0.714. The van der Waals surface area contributed by atoms with Gasteiger partial charge in [0.05, 0.1) is 0 Å². The SMILES string of the molecule is CCC(C)CC(C)CC1(CC)C(=O)NC(=O)NC1=O. The molecule has 0 radical (unpaired) electrons. The Morgan fingerprint density at radius 3 is 1.95 bits per heavy atom. The van der Waals surface area contributed by atoms with E-state index < -0.39 is 23.3 Å². The highest BCUT2D eigenvalue weighted by Gasteiger charge is 2.49. The summed E-state index contributed by atoms with van der Waals surface area (Å²) in [5.74, 6) is -0.0839. The van der Waals surface area contributed by atoms with Gasteiger partial charge in [-0.25, -0.2) is 4.79 Å². The molecule has 1 saturated heterocycles. The topological polar surface area (TPSA) is 75.3 Å². The van der Waals surface area contributed by atoms with Crippen molar-refractivity contribution in [2.75, 3.05) is 0 Å². The lowest BCUT2D eigenvalue weighted by molar-refractivity contribution is -0.146. The molecule has 1 heterocycles. The fourth-order valence-electron chi connectivity index (χ4n) is 2.76. The van der Waals surface area contributed by atoms with Gasteiger partial charge in [0.25, 0.3) is 0 Å². The molecule has 2 N–H and O–H groups in total. The second-order valence-electron chi connectivity index (χ2n) is 5.73. The van der Waals surface area contributed by atoms with E-state index in [1.807, 2.05) is 6.92 Å². The fourth-order valence-corrected chi connectivity index (χ4v) is 2.76. The lowest BCUT2D eigenvalue weighted by atomic mass is 9.73. The van der Waals surface area contributed by atoms with Crippen molar-refractivity contribution in [2.45, 2.75) is 53.4 Å². The van der Waals surface area contributed by atoms with Gasteiger partial charge in [-0.05, 0) is 31.1 Å². The van der Waals surface area contributed by atoms with E-state index in [4.69, 9.17) is 0 Å². The summed E-state index contributed by atoms with van der Waals surface area (Å²) in [7, 11) is 0. The number of urea groups is 1. The fraction of sp³-hybridized carbons (Fsp3) is 0.786. The summed E-state index contributed by atoms with van der Waals surface area (Å²) in [4.78, 5) is 35.3. The van der Waals surface area contributed by atoms with Crippen LogP contribution in [0.3, 0.4) is 0 Å². The van der Waals surface area contributed by atoms with Crippen molar-refractivity contribution < 1.29 is 14.4 Å². The minimum Gasteiger partial charge on any atom is -0.277 e. The van der Waals surface area contributed by atoms with Crippen LogP contribution in [0.25, 0.3) is 0 Å². The van der Waals surface area contributed by atoms with Crippen LogP contribution < -0.4 is 10.6 Å². The molecule has 4 amide bonds. The number of hydrogen-bond acceptors (Lipinski definition) is 3.